The van der Waals surface area contributed by atoms with Gasteiger partial charge in [-0.2, -0.15) is 0 Å². The third kappa shape index (κ3) is 3.11. The van der Waals surface area contributed by atoms with Crippen LogP contribution < -0.4 is 5.32 Å². The Kier molecular flexibility index (Phi) is 4.06. The number of fused-ring (bicyclic) bond motifs is 1. The van der Waals surface area contributed by atoms with Crippen LogP contribution in [-0.2, 0) is 11.3 Å². The second-order valence-electron chi connectivity index (χ2n) is 4.79. The Balaban J connectivity index is 1.82. The van der Waals surface area contributed by atoms with E-state index in [1.54, 1.807) is 18.9 Å². The van der Waals surface area contributed by atoms with Crippen LogP contribution in [0.4, 0.5) is 0 Å². The van der Waals surface area contributed by atoms with Gasteiger partial charge >= 0.3 is 0 Å². The molecule has 4 nitrogen and oxygen atoms in total. The van der Waals surface area contributed by atoms with Gasteiger partial charge in [0.2, 0.25) is 0 Å². The van der Waals surface area contributed by atoms with Crippen molar-refractivity contribution in [3.63, 3.8) is 0 Å². The summed E-state index contributed by atoms with van der Waals surface area (Å²) in [5, 5.41) is 4.70. The number of thioether (sulfide) groups is 1. The van der Waals surface area contributed by atoms with Crippen LogP contribution in [0.1, 0.15) is 18.5 Å². The van der Waals surface area contributed by atoms with Crippen LogP contribution in [0.15, 0.2) is 29.4 Å². The van der Waals surface area contributed by atoms with E-state index in [9.17, 15) is 0 Å². The van der Waals surface area contributed by atoms with Crippen LogP contribution in [-0.4, -0.2) is 34.9 Å². The van der Waals surface area contributed by atoms with Gasteiger partial charge in [0, 0.05) is 31.6 Å². The molecule has 0 saturated heterocycles. The highest BCUT2D eigenvalue weighted by Gasteiger charge is 2.22. The first-order valence-electron chi connectivity index (χ1n) is 6.69. The van der Waals surface area contributed by atoms with E-state index in [1.807, 2.05) is 6.07 Å². The molecule has 1 aliphatic carbocycles. The maximum Gasteiger partial charge on any atom is 0.138 e. The normalized spacial score (nSPS) is 15.2. The van der Waals surface area contributed by atoms with Gasteiger partial charge in [0.05, 0.1) is 12.3 Å². The lowest BCUT2D eigenvalue weighted by Gasteiger charge is -2.06. The lowest BCUT2D eigenvalue weighted by Crippen LogP contribution is -2.17. The van der Waals surface area contributed by atoms with Gasteiger partial charge in [0.15, 0.2) is 0 Å². The summed E-state index contributed by atoms with van der Waals surface area (Å²) in [5.41, 5.74) is 2.29. The molecule has 102 valence electrons. The average Bonchev–Trinajstić information content (AvgIpc) is 3.19. The maximum absolute atomic E-state index is 5.11. The van der Waals surface area contributed by atoms with Crippen molar-refractivity contribution in [3.8, 4) is 0 Å². The minimum atomic E-state index is 0.714. The van der Waals surface area contributed by atoms with Crippen molar-refractivity contribution in [1.29, 1.82) is 0 Å². The lowest BCUT2D eigenvalue weighted by molar-refractivity contribution is 0.218. The van der Waals surface area contributed by atoms with Crippen LogP contribution in [0.25, 0.3) is 5.65 Å². The predicted octanol–water partition coefficient (Wildman–Crippen LogP) is 2.32. The SMILES string of the molecule is COCCSc1nc2ccccn2c1CNC1CC1. The quantitative estimate of drug-likeness (QED) is 0.623. The van der Waals surface area contributed by atoms with Gasteiger partial charge < -0.3 is 14.5 Å². The van der Waals surface area contributed by atoms with Crippen molar-refractivity contribution >= 4 is 17.4 Å². The number of aromatic nitrogens is 2. The van der Waals surface area contributed by atoms with Crippen molar-refractivity contribution in [2.75, 3.05) is 19.5 Å². The second-order valence-corrected chi connectivity index (χ2v) is 5.87. The molecule has 1 N–H and O–H groups in total. The summed E-state index contributed by atoms with van der Waals surface area (Å²) in [6.07, 6.45) is 4.71. The first kappa shape index (κ1) is 13.0. The molecule has 0 bridgehead atoms. The standard InChI is InChI=1S/C14H19N3OS/c1-18-8-9-19-14-12(10-15-11-5-6-11)17-7-3-2-4-13(17)16-14/h2-4,7,11,15H,5-6,8-10H2,1H3. The number of imidazole rings is 1. The second kappa shape index (κ2) is 5.94. The van der Waals surface area contributed by atoms with Crippen LogP contribution in [0.2, 0.25) is 0 Å². The molecule has 2 aromatic heterocycles. The monoisotopic (exact) mass is 277 g/mol. The molecule has 0 spiro atoms. The average molecular weight is 277 g/mol. The fourth-order valence-corrected chi connectivity index (χ4v) is 2.99. The number of pyridine rings is 1. The van der Waals surface area contributed by atoms with E-state index >= 15 is 0 Å². The fourth-order valence-electron chi connectivity index (χ4n) is 2.05. The molecule has 0 radical (unpaired) electrons. The number of ether oxygens (including phenoxy) is 1. The molecule has 2 aromatic rings. The summed E-state index contributed by atoms with van der Waals surface area (Å²) in [6.45, 7) is 1.65. The Bertz CT molecular complexity index is 551. The molecule has 1 fully saturated rings. The van der Waals surface area contributed by atoms with Crippen molar-refractivity contribution in [1.82, 2.24) is 14.7 Å². The molecule has 3 rings (SSSR count). The largest absolute Gasteiger partial charge is 0.384 e. The van der Waals surface area contributed by atoms with Crippen LogP contribution >= 0.6 is 11.8 Å². The number of hydrogen-bond acceptors (Lipinski definition) is 4. The molecule has 19 heavy (non-hydrogen) atoms. The van der Waals surface area contributed by atoms with Crippen LogP contribution in [0.5, 0.6) is 0 Å². The summed E-state index contributed by atoms with van der Waals surface area (Å²) in [5.74, 6) is 0.941. The van der Waals surface area contributed by atoms with Crippen molar-refractivity contribution < 1.29 is 4.74 Å². The van der Waals surface area contributed by atoms with E-state index in [1.165, 1.54) is 18.5 Å². The third-order valence-electron chi connectivity index (χ3n) is 3.25. The van der Waals surface area contributed by atoms with Crippen molar-refractivity contribution in [2.24, 2.45) is 0 Å². The zero-order valence-corrected chi connectivity index (χ0v) is 11.9. The van der Waals surface area contributed by atoms with Crippen molar-refractivity contribution in [2.45, 2.75) is 30.5 Å². The number of methoxy groups -OCH3 is 1. The number of nitrogens with zero attached hydrogens (tertiary/aromatic N) is 2. The molecule has 0 aromatic carbocycles. The fraction of sp³-hybridized carbons (Fsp3) is 0.500. The lowest BCUT2D eigenvalue weighted by atomic mass is 10.4. The predicted molar refractivity (Wildman–Crippen MR) is 77.7 cm³/mol. The molecule has 2 heterocycles. The van der Waals surface area contributed by atoms with Crippen LogP contribution in [0, 0.1) is 0 Å². The van der Waals surface area contributed by atoms with Gasteiger partial charge in [-0.1, -0.05) is 6.07 Å². The summed E-state index contributed by atoms with van der Waals surface area (Å²) in [6, 6.07) is 6.86. The topological polar surface area (TPSA) is 38.6 Å². The highest BCUT2D eigenvalue weighted by atomic mass is 32.2. The molecule has 1 aliphatic rings. The van der Waals surface area contributed by atoms with Gasteiger partial charge in [-0.3, -0.25) is 0 Å². The van der Waals surface area contributed by atoms with Crippen molar-refractivity contribution in [3.05, 3.63) is 30.1 Å². The van der Waals surface area contributed by atoms with Gasteiger partial charge in [0.1, 0.15) is 10.7 Å². The molecular formula is C14H19N3OS. The highest BCUT2D eigenvalue weighted by molar-refractivity contribution is 7.99. The molecule has 0 amide bonds. The van der Waals surface area contributed by atoms with Gasteiger partial charge in [0.25, 0.3) is 0 Å². The maximum atomic E-state index is 5.11. The van der Waals surface area contributed by atoms with E-state index in [4.69, 9.17) is 9.72 Å². The Morgan fingerprint density at radius 1 is 1.47 bits per heavy atom. The first-order valence-corrected chi connectivity index (χ1v) is 7.68. The van der Waals surface area contributed by atoms with Gasteiger partial charge in [-0.15, -0.1) is 11.8 Å². The Morgan fingerprint density at radius 3 is 3.16 bits per heavy atom. The van der Waals surface area contributed by atoms with Crippen LogP contribution in [0.3, 0.4) is 0 Å². The molecule has 0 aliphatic heterocycles. The highest BCUT2D eigenvalue weighted by Crippen LogP contribution is 2.25. The van der Waals surface area contributed by atoms with Gasteiger partial charge in [-0.05, 0) is 25.0 Å². The minimum Gasteiger partial charge on any atom is -0.384 e. The zero-order chi connectivity index (χ0) is 13.1. The minimum absolute atomic E-state index is 0.714. The van der Waals surface area contributed by atoms with E-state index in [-0.39, 0.29) is 0 Å². The van der Waals surface area contributed by atoms with E-state index in [0.717, 1.165) is 29.6 Å². The molecule has 0 atom stereocenters. The summed E-state index contributed by atoms with van der Waals surface area (Å²) >= 11 is 1.77. The van der Waals surface area contributed by atoms with Gasteiger partial charge in [-0.25, -0.2) is 4.98 Å². The third-order valence-corrected chi connectivity index (χ3v) is 4.23. The first-order chi connectivity index (χ1) is 9.38. The molecular weight excluding hydrogens is 258 g/mol. The molecule has 5 heteroatoms. The number of rotatable bonds is 7. The van der Waals surface area contributed by atoms with E-state index in [2.05, 4.69) is 28.0 Å². The molecule has 1 saturated carbocycles. The Morgan fingerprint density at radius 2 is 2.37 bits per heavy atom. The Labute approximate surface area is 117 Å². The zero-order valence-electron chi connectivity index (χ0n) is 11.1. The number of hydrogen-bond donors (Lipinski definition) is 1. The number of nitrogens with one attached hydrogen (secondary N) is 1. The van der Waals surface area contributed by atoms with E-state index < -0.39 is 0 Å². The Hall–Kier alpha value is -1.04. The smallest absolute Gasteiger partial charge is 0.138 e. The summed E-state index contributed by atoms with van der Waals surface area (Å²) < 4.78 is 7.30. The van der Waals surface area contributed by atoms with E-state index in [0.29, 0.717) is 6.04 Å². The summed E-state index contributed by atoms with van der Waals surface area (Å²) in [4.78, 5) is 4.71. The summed E-state index contributed by atoms with van der Waals surface area (Å²) in [7, 11) is 1.74. The molecule has 0 unspecified atom stereocenters.